The molecule has 1 aromatic rings. The Morgan fingerprint density at radius 3 is 2.08 bits per heavy atom. The maximum Gasteiger partial charge on any atom is 0.201 e. The van der Waals surface area contributed by atoms with E-state index in [4.69, 9.17) is 0 Å². The molecule has 0 saturated carbocycles. The molecule has 0 amide bonds. The van der Waals surface area contributed by atoms with E-state index in [9.17, 15) is 8.78 Å². The van der Waals surface area contributed by atoms with E-state index in [-0.39, 0.29) is 5.56 Å². The first-order chi connectivity index (χ1) is 5.61. The van der Waals surface area contributed by atoms with Crippen molar-refractivity contribution in [3.05, 3.63) is 40.1 Å². The number of aryl methyl sites for hydroxylation is 1. The van der Waals surface area contributed by atoms with Crippen LogP contribution in [-0.2, 0) is 0 Å². The van der Waals surface area contributed by atoms with Crippen LogP contribution in [0.5, 0.6) is 0 Å². The molecule has 0 unspecified atom stereocenters. The fourth-order valence-corrected chi connectivity index (χ4v) is 1.04. The molecule has 1 aromatic carbocycles. The summed E-state index contributed by atoms with van der Waals surface area (Å²) in [5.74, 6) is -0.866. The van der Waals surface area contributed by atoms with Crippen molar-refractivity contribution in [2.75, 3.05) is 0 Å². The van der Waals surface area contributed by atoms with Gasteiger partial charge in [-0.2, -0.15) is 4.39 Å². The minimum Gasteiger partial charge on any atom is -0.202 e. The summed E-state index contributed by atoms with van der Waals surface area (Å²) in [5, 5.41) is 0. The highest BCUT2D eigenvalue weighted by atomic mass is 79.9. The summed E-state index contributed by atoms with van der Waals surface area (Å²) in [4.78, 5) is 0. The Hall–Kier alpha value is -0.700. The van der Waals surface area contributed by atoms with E-state index in [0.717, 1.165) is 5.56 Å². The molecule has 0 aliphatic rings. The fraction of sp³-hybridized carbons (Fsp3) is 0.111. The second-order valence-corrected chi connectivity index (χ2v) is 3.14. The lowest BCUT2D eigenvalue weighted by atomic mass is 10.1. The van der Waals surface area contributed by atoms with E-state index >= 15 is 0 Å². The lowest BCUT2D eigenvalue weighted by Crippen LogP contribution is -1.79. The van der Waals surface area contributed by atoms with Crippen molar-refractivity contribution in [1.29, 1.82) is 0 Å². The van der Waals surface area contributed by atoms with Gasteiger partial charge in [0.1, 0.15) is 0 Å². The Labute approximate surface area is 78.0 Å². The lowest BCUT2D eigenvalue weighted by molar-refractivity contribution is 0.659. The molecule has 0 aliphatic heterocycles. The molecule has 0 bridgehead atoms. The molecule has 0 saturated heterocycles. The molecule has 64 valence electrons. The number of halogens is 3. The van der Waals surface area contributed by atoms with Gasteiger partial charge in [0, 0.05) is 5.56 Å². The van der Waals surface area contributed by atoms with Gasteiger partial charge in [0.15, 0.2) is 5.83 Å². The SMILES string of the molecule is Cc1ccc(/C(F)=C(/F)Br)cc1. The zero-order valence-corrected chi connectivity index (χ0v) is 8.03. The first-order valence-electron chi connectivity index (χ1n) is 3.39. The molecular formula is C9H7BrF2. The molecule has 0 N–H and O–H groups in total. The summed E-state index contributed by atoms with van der Waals surface area (Å²) >= 11 is 2.43. The highest BCUT2D eigenvalue weighted by molar-refractivity contribution is 9.11. The summed E-state index contributed by atoms with van der Waals surface area (Å²) in [6.07, 6.45) is 0. The third kappa shape index (κ3) is 2.14. The molecule has 0 fully saturated rings. The largest absolute Gasteiger partial charge is 0.202 e. The average Bonchev–Trinajstić information content (AvgIpc) is 2.04. The van der Waals surface area contributed by atoms with E-state index in [1.54, 1.807) is 12.1 Å². The highest BCUT2D eigenvalue weighted by Crippen LogP contribution is 2.24. The van der Waals surface area contributed by atoms with Crippen molar-refractivity contribution in [3.63, 3.8) is 0 Å². The van der Waals surface area contributed by atoms with E-state index in [2.05, 4.69) is 15.9 Å². The highest BCUT2D eigenvalue weighted by Gasteiger charge is 2.04. The van der Waals surface area contributed by atoms with Crippen LogP contribution in [0.4, 0.5) is 8.78 Å². The van der Waals surface area contributed by atoms with E-state index in [1.807, 2.05) is 6.92 Å². The second kappa shape index (κ2) is 3.81. The van der Waals surface area contributed by atoms with Gasteiger partial charge in [0.25, 0.3) is 0 Å². The zero-order chi connectivity index (χ0) is 9.14. The molecule has 0 aliphatic carbocycles. The maximum absolute atomic E-state index is 12.8. The molecular weight excluding hydrogens is 226 g/mol. The van der Waals surface area contributed by atoms with Gasteiger partial charge >= 0.3 is 0 Å². The van der Waals surface area contributed by atoms with Crippen LogP contribution < -0.4 is 0 Å². The standard InChI is InChI=1S/C9H7BrF2/c1-6-2-4-7(5-3-6)8(11)9(10)12/h2-5H,1H3/b9-8-. The van der Waals surface area contributed by atoms with Gasteiger partial charge in [-0.05, 0) is 22.9 Å². The van der Waals surface area contributed by atoms with Gasteiger partial charge in [-0.3, -0.25) is 0 Å². The number of rotatable bonds is 1. The fourth-order valence-electron chi connectivity index (χ4n) is 0.809. The predicted octanol–water partition coefficient (Wildman–Crippen LogP) is 3.96. The lowest BCUT2D eigenvalue weighted by Gasteiger charge is -1.97. The maximum atomic E-state index is 12.8. The molecule has 1 rings (SSSR count). The van der Waals surface area contributed by atoms with E-state index in [0.29, 0.717) is 0 Å². The van der Waals surface area contributed by atoms with Crippen molar-refractivity contribution < 1.29 is 8.78 Å². The van der Waals surface area contributed by atoms with Crippen LogP contribution in [0.1, 0.15) is 11.1 Å². The Morgan fingerprint density at radius 2 is 1.67 bits per heavy atom. The van der Waals surface area contributed by atoms with E-state index in [1.165, 1.54) is 12.1 Å². The zero-order valence-electron chi connectivity index (χ0n) is 6.44. The Morgan fingerprint density at radius 1 is 1.17 bits per heavy atom. The number of hydrogen-bond acceptors (Lipinski definition) is 0. The summed E-state index contributed by atoms with van der Waals surface area (Å²) in [6.45, 7) is 1.88. The van der Waals surface area contributed by atoms with Crippen molar-refractivity contribution in [2.45, 2.75) is 6.92 Å². The topological polar surface area (TPSA) is 0 Å². The monoisotopic (exact) mass is 232 g/mol. The van der Waals surface area contributed by atoms with Gasteiger partial charge in [0.05, 0.1) is 0 Å². The molecule has 0 atom stereocenters. The van der Waals surface area contributed by atoms with Crippen LogP contribution in [0, 0.1) is 6.92 Å². The van der Waals surface area contributed by atoms with Crippen molar-refractivity contribution in [2.24, 2.45) is 0 Å². The smallest absolute Gasteiger partial charge is 0.201 e. The molecule has 0 spiro atoms. The van der Waals surface area contributed by atoms with Crippen LogP contribution in [0.3, 0.4) is 0 Å². The molecule has 3 heteroatoms. The Kier molecular flexibility index (Phi) is 2.98. The summed E-state index contributed by atoms with van der Waals surface area (Å²) < 4.78 is 24.2. The third-order valence-electron chi connectivity index (χ3n) is 1.47. The minimum atomic E-state index is -0.966. The summed E-state index contributed by atoms with van der Waals surface area (Å²) in [6, 6.07) is 6.52. The molecule has 0 aromatic heterocycles. The third-order valence-corrected chi connectivity index (χ3v) is 1.82. The molecule has 0 heterocycles. The predicted molar refractivity (Wildman–Crippen MR) is 49.2 cm³/mol. The quantitative estimate of drug-likeness (QED) is 0.688. The van der Waals surface area contributed by atoms with Crippen molar-refractivity contribution in [1.82, 2.24) is 0 Å². The first kappa shape index (κ1) is 9.39. The molecule has 0 radical (unpaired) electrons. The second-order valence-electron chi connectivity index (χ2n) is 2.44. The van der Waals surface area contributed by atoms with Crippen LogP contribution in [-0.4, -0.2) is 0 Å². The number of benzene rings is 1. The van der Waals surface area contributed by atoms with Gasteiger partial charge in [0.2, 0.25) is 4.74 Å². The Bertz CT molecular complexity index is 297. The molecule has 12 heavy (non-hydrogen) atoms. The Balaban J connectivity index is 3.06. The minimum absolute atomic E-state index is 0.245. The van der Waals surface area contributed by atoms with Crippen LogP contribution in [0.25, 0.3) is 5.83 Å². The average molecular weight is 233 g/mol. The summed E-state index contributed by atoms with van der Waals surface area (Å²) in [5.41, 5.74) is 1.26. The van der Waals surface area contributed by atoms with Crippen LogP contribution in [0.15, 0.2) is 29.0 Å². The van der Waals surface area contributed by atoms with Crippen molar-refractivity contribution >= 4 is 21.8 Å². The van der Waals surface area contributed by atoms with E-state index < -0.39 is 10.6 Å². The van der Waals surface area contributed by atoms with Gasteiger partial charge < -0.3 is 0 Å². The van der Waals surface area contributed by atoms with Gasteiger partial charge in [-0.1, -0.05) is 29.8 Å². The van der Waals surface area contributed by atoms with Crippen molar-refractivity contribution in [3.8, 4) is 0 Å². The number of hydrogen-bond donors (Lipinski definition) is 0. The van der Waals surface area contributed by atoms with Gasteiger partial charge in [-0.15, -0.1) is 0 Å². The first-order valence-corrected chi connectivity index (χ1v) is 4.18. The normalized spacial score (nSPS) is 12.7. The summed E-state index contributed by atoms with van der Waals surface area (Å²) in [7, 11) is 0. The molecule has 0 nitrogen and oxygen atoms in total. The van der Waals surface area contributed by atoms with Crippen LogP contribution >= 0.6 is 15.9 Å². The van der Waals surface area contributed by atoms with Crippen LogP contribution in [0.2, 0.25) is 0 Å². The van der Waals surface area contributed by atoms with Gasteiger partial charge in [-0.25, -0.2) is 4.39 Å².